The third kappa shape index (κ3) is 3.64. The first-order valence-electron chi connectivity index (χ1n) is 10.5. The number of β-amino-alcohol motifs (C(OH)–C–C–N with tert-alkyl or cyclic N) is 1. The number of nitrogens with two attached hydrogens (primary N) is 1. The van der Waals surface area contributed by atoms with Crippen molar-refractivity contribution < 1.29 is 13.5 Å². The van der Waals surface area contributed by atoms with Crippen molar-refractivity contribution in [1.29, 1.82) is 0 Å². The summed E-state index contributed by atoms with van der Waals surface area (Å²) in [6.45, 7) is 3.90. The van der Waals surface area contributed by atoms with Crippen LogP contribution < -0.4 is 15.5 Å². The molecule has 2 aliphatic heterocycles. The minimum absolute atomic E-state index is 0.0419. The second kappa shape index (κ2) is 7.47. The fourth-order valence-corrected chi connectivity index (χ4v) is 6.00. The lowest BCUT2D eigenvalue weighted by Gasteiger charge is -2.26. The minimum atomic E-state index is -3.34. The average Bonchev–Trinajstić information content (AvgIpc) is 3.01. The highest BCUT2D eigenvalue weighted by Gasteiger charge is 2.31. The van der Waals surface area contributed by atoms with Crippen molar-refractivity contribution >= 4 is 32.2 Å². The third-order valence-corrected chi connectivity index (χ3v) is 8.01. The minimum Gasteiger partial charge on any atom is -0.390 e. The highest BCUT2D eigenvalue weighted by atomic mass is 32.2. The topological polar surface area (TPSA) is 99.8 Å². The smallest absolute Gasteiger partial charge is 0.180 e. The number of sulfone groups is 1. The summed E-state index contributed by atoms with van der Waals surface area (Å²) in [5.41, 5.74) is 9.80. The molecule has 0 unspecified atom stereocenters. The van der Waals surface area contributed by atoms with E-state index in [0.29, 0.717) is 31.1 Å². The van der Waals surface area contributed by atoms with Gasteiger partial charge in [-0.25, -0.2) is 13.4 Å². The first-order valence-corrected chi connectivity index (χ1v) is 12.1. The molecule has 1 fully saturated rings. The lowest BCUT2D eigenvalue weighted by Crippen LogP contribution is -2.32. The van der Waals surface area contributed by atoms with Gasteiger partial charge in [0.25, 0.3) is 0 Å². The van der Waals surface area contributed by atoms with E-state index in [1.807, 2.05) is 42.2 Å². The molecule has 31 heavy (non-hydrogen) atoms. The Kier molecular flexibility index (Phi) is 4.88. The molecule has 0 amide bonds. The average molecular weight is 439 g/mol. The van der Waals surface area contributed by atoms with Crippen LogP contribution in [-0.4, -0.2) is 56.0 Å². The lowest BCUT2D eigenvalue weighted by molar-refractivity contribution is 0.180. The van der Waals surface area contributed by atoms with Crippen molar-refractivity contribution in [3.63, 3.8) is 0 Å². The quantitative estimate of drug-likeness (QED) is 0.630. The van der Waals surface area contributed by atoms with Gasteiger partial charge in [-0.2, -0.15) is 0 Å². The van der Waals surface area contributed by atoms with Crippen LogP contribution in [0.15, 0.2) is 53.4 Å². The predicted molar refractivity (Wildman–Crippen MR) is 122 cm³/mol. The zero-order valence-corrected chi connectivity index (χ0v) is 18.2. The SMILES string of the molecule is Cc1ccc2nc(N3CCS(=O)(=O)c4ccccc4C3)cc(N3C[C@@H](N)[C@H](O)C3)c2c1. The van der Waals surface area contributed by atoms with Crippen LogP contribution in [0.1, 0.15) is 11.1 Å². The maximum atomic E-state index is 12.8. The zero-order chi connectivity index (χ0) is 21.8. The fourth-order valence-electron chi connectivity index (χ4n) is 4.50. The van der Waals surface area contributed by atoms with Gasteiger partial charge < -0.3 is 20.6 Å². The van der Waals surface area contributed by atoms with Crippen LogP contribution in [0.2, 0.25) is 0 Å². The van der Waals surface area contributed by atoms with Crippen LogP contribution in [-0.2, 0) is 16.4 Å². The van der Waals surface area contributed by atoms with Crippen LogP contribution >= 0.6 is 0 Å². The van der Waals surface area contributed by atoms with E-state index in [-0.39, 0.29) is 11.8 Å². The van der Waals surface area contributed by atoms with E-state index < -0.39 is 15.9 Å². The van der Waals surface area contributed by atoms with Gasteiger partial charge in [0.1, 0.15) is 5.82 Å². The number of aryl methyl sites for hydroxylation is 1. The summed E-state index contributed by atoms with van der Waals surface area (Å²) < 4.78 is 25.5. The molecule has 0 bridgehead atoms. The van der Waals surface area contributed by atoms with Crippen molar-refractivity contribution in [1.82, 2.24) is 4.98 Å². The van der Waals surface area contributed by atoms with E-state index in [0.717, 1.165) is 33.5 Å². The van der Waals surface area contributed by atoms with Gasteiger partial charge in [-0.3, -0.25) is 0 Å². The standard InChI is InChI=1S/C23H26N4O3S/c1-15-6-7-19-17(10-15)20(27-13-18(24)21(28)14-27)11-23(25-19)26-8-9-31(29,30)22-5-3-2-4-16(22)12-26/h2-7,10-11,18,21,28H,8-9,12-14,24H2,1H3/t18-,21-/m1/s1. The Bertz CT molecular complexity index is 1250. The van der Waals surface area contributed by atoms with Crippen LogP contribution in [0, 0.1) is 6.92 Å². The summed E-state index contributed by atoms with van der Waals surface area (Å²) in [6.07, 6.45) is -0.577. The number of aliphatic hydroxyl groups excluding tert-OH is 1. The van der Waals surface area contributed by atoms with Crippen molar-refractivity contribution in [2.24, 2.45) is 5.73 Å². The van der Waals surface area contributed by atoms with Crippen molar-refractivity contribution in [3.8, 4) is 0 Å². The Morgan fingerprint density at radius 1 is 1.10 bits per heavy atom. The number of benzene rings is 2. The molecule has 2 aliphatic rings. The van der Waals surface area contributed by atoms with Crippen LogP contribution in [0.4, 0.5) is 11.5 Å². The van der Waals surface area contributed by atoms with Gasteiger partial charge in [0.15, 0.2) is 9.84 Å². The maximum absolute atomic E-state index is 12.8. The molecule has 3 aromatic rings. The van der Waals surface area contributed by atoms with E-state index in [1.165, 1.54) is 0 Å². The molecular weight excluding hydrogens is 412 g/mol. The van der Waals surface area contributed by atoms with Gasteiger partial charge in [-0.05, 0) is 30.7 Å². The number of rotatable bonds is 2. The molecule has 0 saturated carbocycles. The van der Waals surface area contributed by atoms with Gasteiger partial charge in [0, 0.05) is 49.4 Å². The van der Waals surface area contributed by atoms with Crippen LogP contribution in [0.3, 0.4) is 0 Å². The lowest BCUT2D eigenvalue weighted by atomic mass is 10.1. The van der Waals surface area contributed by atoms with E-state index in [1.54, 1.807) is 12.1 Å². The van der Waals surface area contributed by atoms with Crippen molar-refractivity contribution in [2.75, 3.05) is 35.2 Å². The Hall–Kier alpha value is -2.68. The number of aromatic nitrogens is 1. The van der Waals surface area contributed by atoms with E-state index >= 15 is 0 Å². The molecule has 3 N–H and O–H groups in total. The zero-order valence-electron chi connectivity index (χ0n) is 17.4. The molecule has 0 aliphatic carbocycles. The summed E-state index contributed by atoms with van der Waals surface area (Å²) in [5.74, 6) is 0.772. The third-order valence-electron chi connectivity index (χ3n) is 6.23. The Morgan fingerprint density at radius 3 is 2.68 bits per heavy atom. The summed E-state index contributed by atoms with van der Waals surface area (Å²) in [7, 11) is -3.34. The van der Waals surface area contributed by atoms with Crippen LogP contribution in [0.5, 0.6) is 0 Å². The summed E-state index contributed by atoms with van der Waals surface area (Å²) in [4.78, 5) is 9.42. The van der Waals surface area contributed by atoms with E-state index in [2.05, 4.69) is 11.0 Å². The molecule has 1 aromatic heterocycles. The van der Waals surface area contributed by atoms with Crippen LogP contribution in [0.25, 0.3) is 10.9 Å². The second-order valence-electron chi connectivity index (χ2n) is 8.50. The first kappa shape index (κ1) is 20.2. The molecular formula is C23H26N4O3S. The van der Waals surface area contributed by atoms with Gasteiger partial charge in [-0.15, -0.1) is 0 Å². The largest absolute Gasteiger partial charge is 0.390 e. The molecule has 8 heteroatoms. The molecule has 0 spiro atoms. The molecule has 7 nitrogen and oxygen atoms in total. The van der Waals surface area contributed by atoms with E-state index in [9.17, 15) is 13.5 Å². The number of fused-ring (bicyclic) bond motifs is 2. The molecule has 2 aromatic carbocycles. The number of hydrogen-bond acceptors (Lipinski definition) is 7. The van der Waals surface area contributed by atoms with Gasteiger partial charge in [0.2, 0.25) is 0 Å². The van der Waals surface area contributed by atoms with Gasteiger partial charge in [0.05, 0.1) is 22.3 Å². The normalized spacial score (nSPS) is 23.1. The Labute approximate surface area is 182 Å². The van der Waals surface area contributed by atoms with Gasteiger partial charge >= 0.3 is 0 Å². The van der Waals surface area contributed by atoms with E-state index in [4.69, 9.17) is 10.7 Å². The predicted octanol–water partition coefficient (Wildman–Crippen LogP) is 1.85. The number of anilines is 2. The summed E-state index contributed by atoms with van der Waals surface area (Å²) >= 11 is 0. The molecule has 1 saturated heterocycles. The molecule has 2 atom stereocenters. The molecule has 3 heterocycles. The van der Waals surface area contributed by atoms with Gasteiger partial charge in [-0.1, -0.05) is 29.8 Å². The summed E-state index contributed by atoms with van der Waals surface area (Å²) in [6, 6.07) is 15.0. The number of aliphatic hydroxyl groups is 1. The molecule has 0 radical (unpaired) electrons. The summed E-state index contributed by atoms with van der Waals surface area (Å²) in [5, 5.41) is 11.2. The maximum Gasteiger partial charge on any atom is 0.180 e. The molecule has 5 rings (SSSR count). The number of nitrogens with zero attached hydrogens (tertiary/aromatic N) is 3. The molecule has 162 valence electrons. The highest BCUT2D eigenvalue weighted by molar-refractivity contribution is 7.91. The first-order chi connectivity index (χ1) is 14.8. The van der Waals surface area contributed by atoms with Crippen molar-refractivity contribution in [2.45, 2.75) is 30.5 Å². The Morgan fingerprint density at radius 2 is 1.90 bits per heavy atom. The second-order valence-corrected chi connectivity index (χ2v) is 10.6. The number of hydrogen-bond donors (Lipinski definition) is 2. The van der Waals surface area contributed by atoms with Crippen molar-refractivity contribution in [3.05, 3.63) is 59.7 Å². The Balaban J connectivity index is 1.62. The highest BCUT2D eigenvalue weighted by Crippen LogP contribution is 2.34. The fraction of sp³-hybridized carbons (Fsp3) is 0.348. The monoisotopic (exact) mass is 438 g/mol. The number of pyridine rings is 1.